The minimum atomic E-state index is 0.367. The van der Waals surface area contributed by atoms with E-state index in [1.54, 1.807) is 6.26 Å². The summed E-state index contributed by atoms with van der Waals surface area (Å²) in [5.74, 6) is 1.54. The standard InChI is InChI=1S/C16H14ClNO2/c17-15-5-6-16(14-4-2-1-3-13(14)15)20-10-12-7-11(8-18)9-19-12/h1-7,9H,8,10,18H2. The fraction of sp³-hybridized carbons (Fsp3) is 0.125. The third kappa shape index (κ3) is 2.50. The second-order valence-electron chi connectivity index (χ2n) is 4.51. The quantitative estimate of drug-likeness (QED) is 0.785. The lowest BCUT2D eigenvalue weighted by atomic mass is 10.1. The highest BCUT2D eigenvalue weighted by Crippen LogP contribution is 2.31. The average Bonchev–Trinajstić information content (AvgIpc) is 2.95. The van der Waals surface area contributed by atoms with Gasteiger partial charge in [-0.25, -0.2) is 0 Å². The smallest absolute Gasteiger partial charge is 0.146 e. The molecular formula is C16H14ClNO2. The van der Waals surface area contributed by atoms with E-state index in [2.05, 4.69) is 0 Å². The summed E-state index contributed by atoms with van der Waals surface area (Å²) in [5.41, 5.74) is 6.51. The largest absolute Gasteiger partial charge is 0.485 e. The molecule has 0 saturated carbocycles. The summed E-state index contributed by atoms with van der Waals surface area (Å²) in [5, 5.41) is 2.69. The first kappa shape index (κ1) is 13.0. The van der Waals surface area contributed by atoms with Crippen LogP contribution >= 0.6 is 11.6 Å². The topological polar surface area (TPSA) is 48.4 Å². The van der Waals surface area contributed by atoms with Crippen molar-refractivity contribution in [2.24, 2.45) is 5.73 Å². The highest BCUT2D eigenvalue weighted by Gasteiger charge is 2.07. The Morgan fingerprint density at radius 2 is 1.90 bits per heavy atom. The molecule has 0 atom stereocenters. The Morgan fingerprint density at radius 1 is 1.10 bits per heavy atom. The Balaban J connectivity index is 1.86. The van der Waals surface area contributed by atoms with Crippen LogP contribution in [0.4, 0.5) is 0 Å². The third-order valence-electron chi connectivity index (χ3n) is 3.14. The molecule has 2 N–H and O–H groups in total. The molecule has 0 aliphatic heterocycles. The number of ether oxygens (including phenoxy) is 1. The van der Waals surface area contributed by atoms with Gasteiger partial charge in [0.1, 0.15) is 18.1 Å². The molecular weight excluding hydrogens is 274 g/mol. The zero-order chi connectivity index (χ0) is 13.9. The number of hydrogen-bond donors (Lipinski definition) is 1. The first-order valence-corrected chi connectivity index (χ1v) is 6.72. The maximum atomic E-state index is 6.18. The summed E-state index contributed by atoms with van der Waals surface area (Å²) in [6, 6.07) is 13.5. The molecule has 20 heavy (non-hydrogen) atoms. The second-order valence-corrected chi connectivity index (χ2v) is 4.91. The first-order valence-electron chi connectivity index (χ1n) is 6.34. The fourth-order valence-electron chi connectivity index (χ4n) is 2.12. The maximum Gasteiger partial charge on any atom is 0.146 e. The van der Waals surface area contributed by atoms with Crippen molar-refractivity contribution in [2.75, 3.05) is 0 Å². The van der Waals surface area contributed by atoms with Crippen molar-refractivity contribution >= 4 is 22.4 Å². The van der Waals surface area contributed by atoms with Gasteiger partial charge in [-0.2, -0.15) is 0 Å². The van der Waals surface area contributed by atoms with E-state index >= 15 is 0 Å². The van der Waals surface area contributed by atoms with Gasteiger partial charge in [0.2, 0.25) is 0 Å². The third-order valence-corrected chi connectivity index (χ3v) is 3.47. The molecule has 0 aliphatic carbocycles. The van der Waals surface area contributed by atoms with E-state index in [9.17, 15) is 0 Å². The summed E-state index contributed by atoms with van der Waals surface area (Å²) in [7, 11) is 0. The highest BCUT2D eigenvalue weighted by atomic mass is 35.5. The number of hydrogen-bond acceptors (Lipinski definition) is 3. The molecule has 1 aromatic heterocycles. The summed E-state index contributed by atoms with van der Waals surface area (Å²) in [4.78, 5) is 0. The molecule has 3 rings (SSSR count). The van der Waals surface area contributed by atoms with Gasteiger partial charge in [0, 0.05) is 27.9 Å². The number of halogens is 1. The van der Waals surface area contributed by atoms with Crippen molar-refractivity contribution < 1.29 is 9.15 Å². The first-order chi connectivity index (χ1) is 9.78. The predicted octanol–water partition coefficient (Wildman–Crippen LogP) is 4.12. The summed E-state index contributed by atoms with van der Waals surface area (Å²) in [6.45, 7) is 0.832. The van der Waals surface area contributed by atoms with Gasteiger partial charge in [0.25, 0.3) is 0 Å². The second kappa shape index (κ2) is 5.57. The van der Waals surface area contributed by atoms with E-state index in [0.29, 0.717) is 13.2 Å². The van der Waals surface area contributed by atoms with Crippen LogP contribution in [0.1, 0.15) is 11.3 Å². The number of rotatable bonds is 4. The van der Waals surface area contributed by atoms with Gasteiger partial charge in [-0.05, 0) is 18.2 Å². The lowest BCUT2D eigenvalue weighted by molar-refractivity contribution is 0.273. The molecule has 0 amide bonds. The van der Waals surface area contributed by atoms with E-state index in [1.807, 2.05) is 42.5 Å². The van der Waals surface area contributed by atoms with E-state index in [4.69, 9.17) is 26.5 Å². The predicted molar refractivity (Wildman–Crippen MR) is 79.9 cm³/mol. The Bertz CT molecular complexity index is 736. The van der Waals surface area contributed by atoms with E-state index in [-0.39, 0.29) is 0 Å². The van der Waals surface area contributed by atoms with Crippen LogP contribution in [0.15, 0.2) is 53.1 Å². The van der Waals surface area contributed by atoms with Gasteiger partial charge in [-0.3, -0.25) is 0 Å². The number of fused-ring (bicyclic) bond motifs is 1. The minimum absolute atomic E-state index is 0.367. The zero-order valence-electron chi connectivity index (χ0n) is 10.8. The average molecular weight is 288 g/mol. The van der Waals surface area contributed by atoms with Gasteiger partial charge >= 0.3 is 0 Å². The molecule has 3 nitrogen and oxygen atoms in total. The van der Waals surface area contributed by atoms with Crippen LogP contribution in [0.5, 0.6) is 5.75 Å². The van der Waals surface area contributed by atoms with E-state index in [0.717, 1.165) is 32.9 Å². The highest BCUT2D eigenvalue weighted by molar-refractivity contribution is 6.35. The van der Waals surface area contributed by atoms with Gasteiger partial charge < -0.3 is 14.9 Å². The Labute approximate surface area is 121 Å². The van der Waals surface area contributed by atoms with Crippen LogP contribution in [0.2, 0.25) is 5.02 Å². The van der Waals surface area contributed by atoms with Crippen LogP contribution in [0, 0.1) is 0 Å². The number of nitrogens with two attached hydrogens (primary N) is 1. The summed E-state index contributed by atoms with van der Waals surface area (Å²) >= 11 is 6.18. The van der Waals surface area contributed by atoms with Crippen LogP contribution in [-0.4, -0.2) is 0 Å². The molecule has 2 aromatic carbocycles. The van der Waals surface area contributed by atoms with Crippen molar-refractivity contribution in [1.29, 1.82) is 0 Å². The Morgan fingerprint density at radius 3 is 2.65 bits per heavy atom. The van der Waals surface area contributed by atoms with Crippen molar-refractivity contribution in [1.82, 2.24) is 0 Å². The Hall–Kier alpha value is -1.97. The van der Waals surface area contributed by atoms with Crippen molar-refractivity contribution in [3.05, 3.63) is 65.1 Å². The maximum absolute atomic E-state index is 6.18. The Kier molecular flexibility index (Phi) is 3.63. The fourth-order valence-corrected chi connectivity index (χ4v) is 2.35. The van der Waals surface area contributed by atoms with Crippen LogP contribution in [0.25, 0.3) is 10.8 Å². The minimum Gasteiger partial charge on any atom is -0.485 e. The molecule has 0 radical (unpaired) electrons. The molecule has 0 bridgehead atoms. The van der Waals surface area contributed by atoms with Gasteiger partial charge in [-0.1, -0.05) is 35.9 Å². The lowest BCUT2D eigenvalue weighted by Crippen LogP contribution is -1.96. The number of furan rings is 1. The monoisotopic (exact) mass is 287 g/mol. The molecule has 0 unspecified atom stereocenters. The lowest BCUT2D eigenvalue weighted by Gasteiger charge is -2.09. The van der Waals surface area contributed by atoms with Crippen molar-refractivity contribution in [3.63, 3.8) is 0 Å². The molecule has 0 saturated heterocycles. The normalized spacial score (nSPS) is 10.9. The summed E-state index contributed by atoms with van der Waals surface area (Å²) in [6.07, 6.45) is 1.65. The summed E-state index contributed by atoms with van der Waals surface area (Å²) < 4.78 is 11.2. The van der Waals surface area contributed by atoms with Crippen molar-refractivity contribution in [3.8, 4) is 5.75 Å². The van der Waals surface area contributed by atoms with E-state index < -0.39 is 0 Å². The van der Waals surface area contributed by atoms with Crippen LogP contribution in [-0.2, 0) is 13.2 Å². The number of benzene rings is 2. The zero-order valence-corrected chi connectivity index (χ0v) is 11.6. The SMILES string of the molecule is NCc1coc(COc2ccc(Cl)c3ccccc23)c1. The van der Waals surface area contributed by atoms with Crippen LogP contribution < -0.4 is 10.5 Å². The van der Waals surface area contributed by atoms with Gasteiger partial charge in [0.15, 0.2) is 0 Å². The molecule has 3 aromatic rings. The molecule has 1 heterocycles. The molecule has 0 fully saturated rings. The molecule has 102 valence electrons. The van der Waals surface area contributed by atoms with Gasteiger partial charge in [0.05, 0.1) is 6.26 Å². The van der Waals surface area contributed by atoms with Crippen molar-refractivity contribution in [2.45, 2.75) is 13.2 Å². The molecule has 0 spiro atoms. The molecule has 0 aliphatic rings. The van der Waals surface area contributed by atoms with Gasteiger partial charge in [-0.15, -0.1) is 0 Å². The van der Waals surface area contributed by atoms with E-state index in [1.165, 1.54) is 0 Å². The molecule has 4 heteroatoms. The van der Waals surface area contributed by atoms with Crippen LogP contribution in [0.3, 0.4) is 0 Å².